The quantitative estimate of drug-likeness (QED) is 0.387. The lowest BCUT2D eigenvalue weighted by Crippen LogP contribution is -2.48. The van der Waals surface area contributed by atoms with Crippen molar-refractivity contribution in [2.24, 2.45) is 4.99 Å². The molecule has 8 heteroatoms. The number of rotatable bonds is 5. The molecule has 0 unspecified atom stereocenters. The van der Waals surface area contributed by atoms with Gasteiger partial charge < -0.3 is 24.4 Å². The van der Waals surface area contributed by atoms with Gasteiger partial charge in [-0.15, -0.1) is 24.0 Å². The fourth-order valence-corrected chi connectivity index (χ4v) is 4.00. The molecular formula is C18H28IN3O3S. The molecule has 146 valence electrons. The Kier molecular flexibility index (Phi) is 8.15. The molecule has 0 aliphatic carbocycles. The van der Waals surface area contributed by atoms with E-state index < -0.39 is 0 Å². The van der Waals surface area contributed by atoms with Gasteiger partial charge in [0.2, 0.25) is 6.79 Å². The number of aliphatic imine (C=N–C) groups is 1. The first-order chi connectivity index (χ1) is 12.2. The van der Waals surface area contributed by atoms with E-state index in [1.807, 2.05) is 30.9 Å². The van der Waals surface area contributed by atoms with E-state index in [2.05, 4.69) is 34.6 Å². The van der Waals surface area contributed by atoms with Crippen molar-refractivity contribution in [3.8, 4) is 11.5 Å². The van der Waals surface area contributed by atoms with Gasteiger partial charge in [0.1, 0.15) is 0 Å². The summed E-state index contributed by atoms with van der Waals surface area (Å²) >= 11 is 1.93. The number of ether oxygens (including phenoxy) is 3. The van der Waals surface area contributed by atoms with Crippen molar-refractivity contribution in [2.75, 3.05) is 46.9 Å². The van der Waals surface area contributed by atoms with Gasteiger partial charge in [0.05, 0.1) is 0 Å². The third kappa shape index (κ3) is 5.10. The molecule has 0 bridgehead atoms. The van der Waals surface area contributed by atoms with Gasteiger partial charge in [-0.1, -0.05) is 6.07 Å². The molecule has 26 heavy (non-hydrogen) atoms. The molecule has 1 fully saturated rings. The summed E-state index contributed by atoms with van der Waals surface area (Å²) in [6.45, 7) is 3.64. The van der Waals surface area contributed by atoms with Crippen molar-refractivity contribution >= 4 is 41.7 Å². The summed E-state index contributed by atoms with van der Waals surface area (Å²) in [5, 5.41) is 3.55. The summed E-state index contributed by atoms with van der Waals surface area (Å²) in [4.78, 5) is 6.57. The number of nitrogens with zero attached hydrogens (tertiary/aromatic N) is 2. The summed E-state index contributed by atoms with van der Waals surface area (Å²) in [6.07, 6.45) is 4.33. The van der Waals surface area contributed by atoms with Crippen molar-refractivity contribution in [3.63, 3.8) is 0 Å². The maximum absolute atomic E-state index is 5.52. The third-order valence-electron chi connectivity index (χ3n) is 4.84. The Bertz CT molecular complexity index is 624. The first-order valence-electron chi connectivity index (χ1n) is 8.59. The largest absolute Gasteiger partial charge is 0.454 e. The predicted molar refractivity (Wildman–Crippen MR) is 117 cm³/mol. The van der Waals surface area contributed by atoms with Gasteiger partial charge in [-0.3, -0.25) is 4.99 Å². The zero-order valence-electron chi connectivity index (χ0n) is 15.6. The minimum atomic E-state index is 0. The summed E-state index contributed by atoms with van der Waals surface area (Å²) < 4.78 is 16.6. The zero-order chi connectivity index (χ0) is 17.7. The zero-order valence-corrected chi connectivity index (χ0v) is 18.8. The highest BCUT2D eigenvalue weighted by atomic mass is 127. The standard InChI is InChI=1S/C18H27N3O3S.HI/c1-19-17(20-12-18(25-3)6-8-22-9-7-18)21(2)11-14-4-5-15-16(10-14)24-13-23-15;/h4-5,10H,6-9,11-13H2,1-3H3,(H,19,20);1H. The Balaban J connectivity index is 0.00000243. The van der Waals surface area contributed by atoms with Crippen molar-refractivity contribution in [1.82, 2.24) is 10.2 Å². The number of hydrogen-bond acceptors (Lipinski definition) is 5. The Morgan fingerprint density at radius 2 is 2.00 bits per heavy atom. The average Bonchev–Trinajstić information content (AvgIpc) is 3.11. The van der Waals surface area contributed by atoms with Crippen LogP contribution >= 0.6 is 35.7 Å². The highest BCUT2D eigenvalue weighted by Crippen LogP contribution is 2.34. The van der Waals surface area contributed by atoms with Crippen LogP contribution in [0, 0.1) is 0 Å². The molecule has 1 aromatic carbocycles. The number of nitrogens with one attached hydrogen (secondary N) is 1. The second-order valence-corrected chi connectivity index (χ2v) is 7.72. The maximum Gasteiger partial charge on any atom is 0.231 e. The number of benzene rings is 1. The van der Waals surface area contributed by atoms with Crippen molar-refractivity contribution in [3.05, 3.63) is 23.8 Å². The normalized spacial score (nSPS) is 18.2. The van der Waals surface area contributed by atoms with Crippen molar-refractivity contribution in [1.29, 1.82) is 0 Å². The third-order valence-corrected chi connectivity index (χ3v) is 6.25. The monoisotopic (exact) mass is 493 g/mol. The summed E-state index contributed by atoms with van der Waals surface area (Å²) in [5.41, 5.74) is 1.17. The van der Waals surface area contributed by atoms with Crippen LogP contribution in [0.15, 0.2) is 23.2 Å². The topological polar surface area (TPSA) is 55.3 Å². The molecule has 2 aliphatic rings. The van der Waals surface area contributed by atoms with Crippen LogP contribution in [0.2, 0.25) is 0 Å². The number of thioether (sulfide) groups is 1. The van der Waals surface area contributed by atoms with Gasteiger partial charge in [-0.2, -0.15) is 11.8 Å². The van der Waals surface area contributed by atoms with Gasteiger partial charge in [-0.25, -0.2) is 0 Å². The van der Waals surface area contributed by atoms with E-state index in [0.717, 1.165) is 56.6 Å². The molecule has 1 N–H and O–H groups in total. The SMILES string of the molecule is CN=C(NCC1(SC)CCOCC1)N(C)Cc1ccc2c(c1)OCO2.I. The van der Waals surface area contributed by atoms with E-state index in [9.17, 15) is 0 Å². The van der Waals surface area contributed by atoms with Crippen LogP contribution in [0.25, 0.3) is 0 Å². The molecule has 3 rings (SSSR count). The van der Waals surface area contributed by atoms with Gasteiger partial charge in [0.15, 0.2) is 17.5 Å². The highest BCUT2D eigenvalue weighted by molar-refractivity contribution is 14.0. The average molecular weight is 493 g/mol. The smallest absolute Gasteiger partial charge is 0.231 e. The molecule has 0 saturated carbocycles. The van der Waals surface area contributed by atoms with Crippen molar-refractivity contribution in [2.45, 2.75) is 24.1 Å². The molecule has 1 saturated heterocycles. The van der Waals surface area contributed by atoms with Crippen LogP contribution in [-0.2, 0) is 11.3 Å². The van der Waals surface area contributed by atoms with Crippen LogP contribution in [0.5, 0.6) is 11.5 Å². The van der Waals surface area contributed by atoms with Crippen molar-refractivity contribution < 1.29 is 14.2 Å². The molecule has 2 heterocycles. The van der Waals surface area contributed by atoms with Gasteiger partial charge >= 0.3 is 0 Å². The second kappa shape index (κ2) is 9.89. The fourth-order valence-electron chi connectivity index (χ4n) is 3.21. The van der Waals surface area contributed by atoms with Crippen LogP contribution < -0.4 is 14.8 Å². The predicted octanol–water partition coefficient (Wildman–Crippen LogP) is 2.95. The summed E-state index contributed by atoms with van der Waals surface area (Å²) in [6, 6.07) is 6.07. The number of halogens is 1. The van der Waals surface area contributed by atoms with E-state index in [0.29, 0.717) is 6.79 Å². The number of fused-ring (bicyclic) bond motifs is 1. The van der Waals surface area contributed by atoms with E-state index in [4.69, 9.17) is 14.2 Å². The molecule has 0 amide bonds. The minimum Gasteiger partial charge on any atom is -0.454 e. The van der Waals surface area contributed by atoms with Gasteiger partial charge in [0.25, 0.3) is 0 Å². The van der Waals surface area contributed by atoms with E-state index in [1.54, 1.807) is 0 Å². The lowest BCUT2D eigenvalue weighted by Gasteiger charge is -2.37. The number of guanidine groups is 1. The van der Waals surface area contributed by atoms with Gasteiger partial charge in [-0.05, 0) is 36.8 Å². The van der Waals surface area contributed by atoms with Crippen LogP contribution in [0.1, 0.15) is 18.4 Å². The first-order valence-corrected chi connectivity index (χ1v) is 9.81. The Hall–Kier alpha value is -0.870. The van der Waals surface area contributed by atoms with Gasteiger partial charge in [0, 0.05) is 45.1 Å². The molecule has 2 aliphatic heterocycles. The molecular weight excluding hydrogens is 465 g/mol. The van der Waals surface area contributed by atoms with E-state index in [1.165, 1.54) is 5.56 Å². The minimum absolute atomic E-state index is 0. The maximum atomic E-state index is 5.52. The Morgan fingerprint density at radius 1 is 1.27 bits per heavy atom. The molecule has 0 spiro atoms. The molecule has 6 nitrogen and oxygen atoms in total. The van der Waals surface area contributed by atoms with E-state index >= 15 is 0 Å². The van der Waals surface area contributed by atoms with Crippen LogP contribution in [0.4, 0.5) is 0 Å². The summed E-state index contributed by atoms with van der Waals surface area (Å²) in [7, 11) is 3.88. The molecule has 0 radical (unpaired) electrons. The fraction of sp³-hybridized carbons (Fsp3) is 0.611. The van der Waals surface area contributed by atoms with Crippen LogP contribution in [-0.4, -0.2) is 62.5 Å². The van der Waals surface area contributed by atoms with E-state index in [-0.39, 0.29) is 28.7 Å². The molecule has 0 aromatic heterocycles. The highest BCUT2D eigenvalue weighted by Gasteiger charge is 2.32. The molecule has 0 atom stereocenters. The Morgan fingerprint density at radius 3 is 2.69 bits per heavy atom. The first kappa shape index (κ1) is 21.4. The Labute approximate surface area is 177 Å². The summed E-state index contributed by atoms with van der Waals surface area (Å²) in [5.74, 6) is 2.53. The lowest BCUT2D eigenvalue weighted by molar-refractivity contribution is 0.0781. The molecule has 1 aromatic rings. The van der Waals surface area contributed by atoms with Crippen LogP contribution in [0.3, 0.4) is 0 Å². The lowest BCUT2D eigenvalue weighted by atomic mass is 9.99. The number of hydrogen-bond donors (Lipinski definition) is 1. The second-order valence-electron chi connectivity index (χ2n) is 6.44.